The molecule has 2 N–H and O–H groups in total. The molecule has 0 amide bonds. The average molecular weight is 234 g/mol. The molecule has 1 aromatic heterocycles. The van der Waals surface area contributed by atoms with Crippen molar-refractivity contribution in [3.8, 4) is 0 Å². The van der Waals surface area contributed by atoms with E-state index in [2.05, 4.69) is 9.99 Å². The number of benzene rings is 1. The van der Waals surface area contributed by atoms with Crippen molar-refractivity contribution in [3.05, 3.63) is 24.0 Å². The molecule has 1 saturated heterocycles. The minimum atomic E-state index is -0.315. The van der Waals surface area contributed by atoms with Gasteiger partial charge in [0.05, 0.1) is 5.52 Å². The highest BCUT2D eigenvalue weighted by Gasteiger charge is 2.18. The van der Waals surface area contributed by atoms with Crippen molar-refractivity contribution >= 4 is 17.0 Å². The summed E-state index contributed by atoms with van der Waals surface area (Å²) in [6, 6.07) is 4.96. The SMILES string of the molecule is Nc1nc2c(F)cccc2n1N1CCCCC1. The van der Waals surface area contributed by atoms with Crippen LogP contribution in [0.3, 0.4) is 0 Å². The molecule has 0 bridgehead atoms. The van der Waals surface area contributed by atoms with Gasteiger partial charge in [-0.1, -0.05) is 6.07 Å². The van der Waals surface area contributed by atoms with Gasteiger partial charge in [-0.25, -0.2) is 14.1 Å². The van der Waals surface area contributed by atoms with Crippen molar-refractivity contribution in [2.75, 3.05) is 23.8 Å². The summed E-state index contributed by atoms with van der Waals surface area (Å²) < 4.78 is 15.4. The third-order valence-corrected chi connectivity index (χ3v) is 3.25. The summed E-state index contributed by atoms with van der Waals surface area (Å²) in [6.45, 7) is 1.90. The summed E-state index contributed by atoms with van der Waals surface area (Å²) in [5.74, 6) is 0.0527. The first-order chi connectivity index (χ1) is 8.27. The molecular weight excluding hydrogens is 219 g/mol. The quantitative estimate of drug-likeness (QED) is 0.819. The van der Waals surface area contributed by atoms with Gasteiger partial charge >= 0.3 is 0 Å². The number of rotatable bonds is 1. The zero-order chi connectivity index (χ0) is 11.8. The highest BCUT2D eigenvalue weighted by Crippen LogP contribution is 2.22. The zero-order valence-corrected chi connectivity index (χ0v) is 9.56. The van der Waals surface area contributed by atoms with Crippen molar-refractivity contribution in [1.29, 1.82) is 0 Å². The number of imidazole rings is 1. The summed E-state index contributed by atoms with van der Waals surface area (Å²) in [4.78, 5) is 4.11. The van der Waals surface area contributed by atoms with Gasteiger partial charge in [-0.15, -0.1) is 0 Å². The number of hydrogen-bond donors (Lipinski definition) is 1. The van der Waals surface area contributed by atoms with E-state index in [0.717, 1.165) is 31.4 Å². The van der Waals surface area contributed by atoms with E-state index < -0.39 is 0 Å². The lowest BCUT2D eigenvalue weighted by Gasteiger charge is -2.30. The van der Waals surface area contributed by atoms with Gasteiger partial charge in [0.2, 0.25) is 5.95 Å². The van der Waals surface area contributed by atoms with Crippen molar-refractivity contribution in [1.82, 2.24) is 9.66 Å². The summed E-state index contributed by atoms with van der Waals surface area (Å²) >= 11 is 0. The van der Waals surface area contributed by atoms with Crippen LogP contribution in [0.1, 0.15) is 19.3 Å². The Hall–Kier alpha value is -1.78. The third-order valence-electron chi connectivity index (χ3n) is 3.25. The Labute approximate surface area is 98.8 Å². The molecule has 0 radical (unpaired) electrons. The van der Waals surface area contributed by atoms with Crippen LogP contribution in [0, 0.1) is 5.82 Å². The van der Waals surface area contributed by atoms with Crippen LogP contribution in [0.5, 0.6) is 0 Å². The molecule has 1 aliphatic rings. The van der Waals surface area contributed by atoms with Crippen LogP contribution >= 0.6 is 0 Å². The minimum absolute atomic E-state index is 0.315. The molecule has 3 rings (SSSR count). The zero-order valence-electron chi connectivity index (χ0n) is 9.56. The Morgan fingerprint density at radius 2 is 1.94 bits per heavy atom. The minimum Gasteiger partial charge on any atom is -0.368 e. The molecule has 0 spiro atoms. The Morgan fingerprint density at radius 1 is 1.18 bits per heavy atom. The predicted molar refractivity (Wildman–Crippen MR) is 65.9 cm³/mol. The van der Waals surface area contributed by atoms with Crippen LogP contribution in [0.25, 0.3) is 11.0 Å². The number of fused-ring (bicyclic) bond motifs is 1. The average Bonchev–Trinajstić information content (AvgIpc) is 2.68. The molecule has 0 atom stereocenters. The first kappa shape index (κ1) is 10.4. The number of nitrogens with two attached hydrogens (primary N) is 1. The van der Waals surface area contributed by atoms with E-state index in [-0.39, 0.29) is 5.82 Å². The van der Waals surface area contributed by atoms with Gasteiger partial charge in [-0.2, -0.15) is 0 Å². The molecule has 5 heteroatoms. The molecule has 0 unspecified atom stereocenters. The molecule has 4 nitrogen and oxygen atoms in total. The molecule has 1 aromatic carbocycles. The van der Waals surface area contributed by atoms with Crippen LogP contribution in [-0.4, -0.2) is 22.7 Å². The summed E-state index contributed by atoms with van der Waals surface area (Å²) in [7, 11) is 0. The Morgan fingerprint density at radius 3 is 2.71 bits per heavy atom. The van der Waals surface area contributed by atoms with E-state index in [0.29, 0.717) is 11.5 Å². The standard InChI is InChI=1S/C12H15FN4/c13-9-5-4-6-10-11(9)15-12(14)17(10)16-7-2-1-3-8-16/h4-6H,1-3,7-8H2,(H2,14,15). The van der Waals surface area contributed by atoms with E-state index in [4.69, 9.17) is 5.73 Å². The second-order valence-corrected chi connectivity index (χ2v) is 4.40. The van der Waals surface area contributed by atoms with Gasteiger partial charge in [0.25, 0.3) is 0 Å². The van der Waals surface area contributed by atoms with Gasteiger partial charge in [0, 0.05) is 13.1 Å². The fourth-order valence-electron chi connectivity index (χ4n) is 2.45. The van der Waals surface area contributed by atoms with Gasteiger partial charge < -0.3 is 10.7 Å². The molecule has 90 valence electrons. The molecule has 2 aromatic rings. The molecule has 1 fully saturated rings. The summed E-state index contributed by atoms with van der Waals surface area (Å²) in [5, 5.41) is 2.15. The Kier molecular flexibility index (Phi) is 2.39. The maximum atomic E-state index is 13.6. The largest absolute Gasteiger partial charge is 0.368 e. The number of hydrogen-bond acceptors (Lipinski definition) is 3. The van der Waals surface area contributed by atoms with E-state index in [1.165, 1.54) is 12.5 Å². The smallest absolute Gasteiger partial charge is 0.220 e. The van der Waals surface area contributed by atoms with Crippen molar-refractivity contribution in [2.24, 2.45) is 0 Å². The molecular formula is C12H15FN4. The first-order valence-electron chi connectivity index (χ1n) is 5.95. The van der Waals surface area contributed by atoms with Crippen LogP contribution in [0.4, 0.5) is 10.3 Å². The lowest BCUT2D eigenvalue weighted by molar-refractivity contribution is 0.489. The van der Waals surface area contributed by atoms with Crippen molar-refractivity contribution < 1.29 is 4.39 Å². The number of nitrogens with zero attached hydrogens (tertiary/aromatic N) is 3. The fraction of sp³-hybridized carbons (Fsp3) is 0.417. The molecule has 2 heterocycles. The Bertz CT molecular complexity index is 543. The van der Waals surface area contributed by atoms with Crippen molar-refractivity contribution in [3.63, 3.8) is 0 Å². The van der Waals surface area contributed by atoms with Crippen LogP contribution < -0.4 is 10.7 Å². The number of aromatic nitrogens is 2. The van der Waals surface area contributed by atoms with Gasteiger partial charge in [-0.3, -0.25) is 0 Å². The van der Waals surface area contributed by atoms with E-state index in [1.807, 2.05) is 10.7 Å². The van der Waals surface area contributed by atoms with E-state index in [1.54, 1.807) is 6.07 Å². The van der Waals surface area contributed by atoms with Gasteiger partial charge in [-0.05, 0) is 31.4 Å². The van der Waals surface area contributed by atoms with Crippen LogP contribution in [-0.2, 0) is 0 Å². The van der Waals surface area contributed by atoms with Crippen LogP contribution in [0.15, 0.2) is 18.2 Å². The van der Waals surface area contributed by atoms with Crippen LogP contribution in [0.2, 0.25) is 0 Å². The lowest BCUT2D eigenvalue weighted by atomic mass is 10.2. The number of para-hydroxylation sites is 1. The normalized spacial score (nSPS) is 16.6. The van der Waals surface area contributed by atoms with Crippen molar-refractivity contribution in [2.45, 2.75) is 19.3 Å². The lowest BCUT2D eigenvalue weighted by Crippen LogP contribution is -2.39. The van der Waals surface area contributed by atoms with E-state index >= 15 is 0 Å². The highest BCUT2D eigenvalue weighted by atomic mass is 19.1. The predicted octanol–water partition coefficient (Wildman–Crippen LogP) is 1.88. The first-order valence-corrected chi connectivity index (χ1v) is 5.95. The second kappa shape index (κ2) is 3.91. The maximum Gasteiger partial charge on any atom is 0.220 e. The second-order valence-electron chi connectivity index (χ2n) is 4.40. The summed E-state index contributed by atoms with van der Waals surface area (Å²) in [6.07, 6.45) is 3.54. The summed E-state index contributed by atoms with van der Waals surface area (Å²) in [5.41, 5.74) is 7.01. The third kappa shape index (κ3) is 1.62. The highest BCUT2D eigenvalue weighted by molar-refractivity contribution is 5.79. The Balaban J connectivity index is 2.14. The number of anilines is 1. The number of piperidine rings is 1. The van der Waals surface area contributed by atoms with Gasteiger partial charge in [0.1, 0.15) is 5.52 Å². The monoisotopic (exact) mass is 234 g/mol. The molecule has 1 aliphatic heterocycles. The maximum absolute atomic E-state index is 13.6. The fourth-order valence-corrected chi connectivity index (χ4v) is 2.45. The van der Waals surface area contributed by atoms with E-state index in [9.17, 15) is 4.39 Å². The van der Waals surface area contributed by atoms with Gasteiger partial charge in [0.15, 0.2) is 5.82 Å². The number of halogens is 1. The molecule has 0 aliphatic carbocycles. The number of nitrogen functional groups attached to an aromatic ring is 1. The molecule has 17 heavy (non-hydrogen) atoms. The molecule has 0 saturated carbocycles. The topological polar surface area (TPSA) is 47.1 Å².